The van der Waals surface area contributed by atoms with E-state index in [1.807, 2.05) is 13.8 Å². The number of aryl methyl sites for hydroxylation is 2. The molecule has 1 aromatic rings. The third-order valence-electron chi connectivity index (χ3n) is 3.76. The van der Waals surface area contributed by atoms with Crippen LogP contribution in [0.15, 0.2) is 4.52 Å². The molecular formula is C13H22N2O2. The number of ether oxygens (including phenoxy) is 1. The minimum atomic E-state index is 0.521. The lowest BCUT2D eigenvalue weighted by Gasteiger charge is -2.28. The van der Waals surface area contributed by atoms with E-state index in [1.54, 1.807) is 0 Å². The van der Waals surface area contributed by atoms with Gasteiger partial charge in [0.05, 0.1) is 5.69 Å². The van der Waals surface area contributed by atoms with E-state index in [0.717, 1.165) is 50.0 Å². The van der Waals surface area contributed by atoms with Gasteiger partial charge in [-0.05, 0) is 39.5 Å². The molecule has 1 saturated heterocycles. The molecule has 96 valence electrons. The standard InChI is InChI=1S/C13H22N2O2/c1-9(12-4-6-16-7-5-12)14-8-13-10(2)15-17-11(13)3/h9,12,14H,4-8H2,1-3H3. The van der Waals surface area contributed by atoms with Gasteiger partial charge in [-0.25, -0.2) is 0 Å². The van der Waals surface area contributed by atoms with Crippen LogP contribution in [0, 0.1) is 19.8 Å². The van der Waals surface area contributed by atoms with E-state index in [0.29, 0.717) is 6.04 Å². The number of nitrogens with one attached hydrogen (secondary N) is 1. The fourth-order valence-corrected chi connectivity index (χ4v) is 2.40. The van der Waals surface area contributed by atoms with Crippen LogP contribution in [-0.2, 0) is 11.3 Å². The van der Waals surface area contributed by atoms with Crippen molar-refractivity contribution < 1.29 is 9.26 Å². The zero-order valence-corrected chi connectivity index (χ0v) is 11.0. The molecule has 2 heterocycles. The number of aromatic nitrogens is 1. The molecule has 2 rings (SSSR count). The largest absolute Gasteiger partial charge is 0.381 e. The molecule has 1 aliphatic rings. The Morgan fingerprint density at radius 1 is 1.35 bits per heavy atom. The molecule has 1 atom stereocenters. The van der Waals surface area contributed by atoms with Gasteiger partial charge in [0.25, 0.3) is 0 Å². The summed E-state index contributed by atoms with van der Waals surface area (Å²) >= 11 is 0. The fraction of sp³-hybridized carbons (Fsp3) is 0.769. The summed E-state index contributed by atoms with van der Waals surface area (Å²) in [5, 5.41) is 7.55. The third-order valence-corrected chi connectivity index (χ3v) is 3.76. The van der Waals surface area contributed by atoms with Crippen LogP contribution in [0.25, 0.3) is 0 Å². The Morgan fingerprint density at radius 3 is 2.65 bits per heavy atom. The first-order valence-electron chi connectivity index (χ1n) is 6.41. The molecule has 0 spiro atoms. The minimum absolute atomic E-state index is 0.521. The number of rotatable bonds is 4. The second kappa shape index (κ2) is 5.65. The second-order valence-corrected chi connectivity index (χ2v) is 4.92. The first kappa shape index (κ1) is 12.6. The van der Waals surface area contributed by atoms with Gasteiger partial charge in [-0.1, -0.05) is 5.16 Å². The predicted octanol–water partition coefficient (Wildman–Crippen LogP) is 2.20. The van der Waals surface area contributed by atoms with Crippen molar-refractivity contribution in [1.29, 1.82) is 0 Å². The first-order chi connectivity index (χ1) is 8.18. The molecule has 17 heavy (non-hydrogen) atoms. The van der Waals surface area contributed by atoms with Crippen LogP contribution in [0.5, 0.6) is 0 Å². The van der Waals surface area contributed by atoms with Gasteiger partial charge in [-0.2, -0.15) is 0 Å². The van der Waals surface area contributed by atoms with Crippen LogP contribution in [0.4, 0.5) is 0 Å². The fourth-order valence-electron chi connectivity index (χ4n) is 2.40. The number of nitrogens with zero attached hydrogens (tertiary/aromatic N) is 1. The summed E-state index contributed by atoms with van der Waals surface area (Å²) in [5.74, 6) is 1.65. The van der Waals surface area contributed by atoms with Crippen molar-refractivity contribution in [3.8, 4) is 0 Å². The normalized spacial score (nSPS) is 19.5. The van der Waals surface area contributed by atoms with Crippen LogP contribution in [0.1, 0.15) is 36.8 Å². The highest BCUT2D eigenvalue weighted by atomic mass is 16.5. The second-order valence-electron chi connectivity index (χ2n) is 4.92. The highest BCUT2D eigenvalue weighted by Crippen LogP contribution is 2.19. The van der Waals surface area contributed by atoms with Crippen molar-refractivity contribution in [3.63, 3.8) is 0 Å². The van der Waals surface area contributed by atoms with E-state index in [1.165, 1.54) is 5.56 Å². The summed E-state index contributed by atoms with van der Waals surface area (Å²) in [4.78, 5) is 0. The van der Waals surface area contributed by atoms with E-state index in [9.17, 15) is 0 Å². The predicted molar refractivity (Wildman–Crippen MR) is 65.8 cm³/mol. The monoisotopic (exact) mass is 238 g/mol. The maximum atomic E-state index is 5.39. The first-order valence-corrected chi connectivity index (χ1v) is 6.41. The molecule has 1 unspecified atom stereocenters. The molecule has 1 N–H and O–H groups in total. The number of hydrogen-bond donors (Lipinski definition) is 1. The average molecular weight is 238 g/mol. The van der Waals surface area contributed by atoms with Gasteiger partial charge < -0.3 is 14.6 Å². The lowest BCUT2D eigenvalue weighted by atomic mass is 9.93. The molecule has 1 aliphatic heterocycles. The van der Waals surface area contributed by atoms with Crippen LogP contribution in [0.3, 0.4) is 0 Å². The topological polar surface area (TPSA) is 47.3 Å². The van der Waals surface area contributed by atoms with E-state index < -0.39 is 0 Å². The van der Waals surface area contributed by atoms with Gasteiger partial charge in [-0.15, -0.1) is 0 Å². The van der Waals surface area contributed by atoms with Gasteiger partial charge >= 0.3 is 0 Å². The van der Waals surface area contributed by atoms with Crippen molar-refractivity contribution in [2.24, 2.45) is 5.92 Å². The summed E-state index contributed by atoms with van der Waals surface area (Å²) in [6.07, 6.45) is 2.32. The lowest BCUT2D eigenvalue weighted by Crippen LogP contribution is -2.36. The SMILES string of the molecule is Cc1noc(C)c1CNC(C)C1CCOCC1. The Morgan fingerprint density at radius 2 is 2.06 bits per heavy atom. The molecule has 4 heteroatoms. The van der Waals surface area contributed by atoms with Gasteiger partial charge in [0, 0.05) is 31.4 Å². The van der Waals surface area contributed by atoms with Crippen molar-refractivity contribution in [2.45, 2.75) is 46.2 Å². The molecule has 1 aromatic heterocycles. The summed E-state index contributed by atoms with van der Waals surface area (Å²) in [6, 6.07) is 0.521. The Kier molecular flexibility index (Phi) is 4.18. The van der Waals surface area contributed by atoms with Gasteiger partial charge in [-0.3, -0.25) is 0 Å². The molecule has 4 nitrogen and oxygen atoms in total. The zero-order chi connectivity index (χ0) is 12.3. The molecular weight excluding hydrogens is 216 g/mol. The summed E-state index contributed by atoms with van der Waals surface area (Å²) < 4.78 is 10.5. The quantitative estimate of drug-likeness (QED) is 0.873. The van der Waals surface area contributed by atoms with Crippen LogP contribution >= 0.6 is 0 Å². The van der Waals surface area contributed by atoms with E-state index in [2.05, 4.69) is 17.4 Å². The van der Waals surface area contributed by atoms with Crippen molar-refractivity contribution in [1.82, 2.24) is 10.5 Å². The summed E-state index contributed by atoms with van der Waals surface area (Å²) in [6.45, 7) is 8.88. The Hall–Kier alpha value is -0.870. The van der Waals surface area contributed by atoms with E-state index in [4.69, 9.17) is 9.26 Å². The molecule has 0 amide bonds. The Balaban J connectivity index is 1.85. The molecule has 0 radical (unpaired) electrons. The van der Waals surface area contributed by atoms with Gasteiger partial charge in [0.1, 0.15) is 5.76 Å². The molecule has 0 aromatic carbocycles. The van der Waals surface area contributed by atoms with Crippen LogP contribution in [-0.4, -0.2) is 24.4 Å². The highest BCUT2D eigenvalue weighted by molar-refractivity contribution is 5.20. The highest BCUT2D eigenvalue weighted by Gasteiger charge is 2.20. The average Bonchev–Trinajstić information content (AvgIpc) is 2.67. The molecule has 1 fully saturated rings. The van der Waals surface area contributed by atoms with Crippen molar-refractivity contribution >= 4 is 0 Å². The zero-order valence-electron chi connectivity index (χ0n) is 11.0. The Labute approximate surface area is 103 Å². The summed E-state index contributed by atoms with van der Waals surface area (Å²) in [7, 11) is 0. The van der Waals surface area contributed by atoms with Crippen molar-refractivity contribution in [3.05, 3.63) is 17.0 Å². The van der Waals surface area contributed by atoms with Crippen LogP contribution in [0.2, 0.25) is 0 Å². The molecule has 0 aliphatic carbocycles. The van der Waals surface area contributed by atoms with Crippen molar-refractivity contribution in [2.75, 3.05) is 13.2 Å². The van der Waals surface area contributed by atoms with Gasteiger partial charge in [0.15, 0.2) is 0 Å². The maximum Gasteiger partial charge on any atom is 0.138 e. The van der Waals surface area contributed by atoms with E-state index in [-0.39, 0.29) is 0 Å². The maximum absolute atomic E-state index is 5.39. The lowest BCUT2D eigenvalue weighted by molar-refractivity contribution is 0.0557. The smallest absolute Gasteiger partial charge is 0.138 e. The minimum Gasteiger partial charge on any atom is -0.381 e. The number of hydrogen-bond acceptors (Lipinski definition) is 4. The summed E-state index contributed by atoms with van der Waals surface area (Å²) in [5.41, 5.74) is 2.19. The Bertz CT molecular complexity index is 337. The molecule has 0 bridgehead atoms. The van der Waals surface area contributed by atoms with E-state index >= 15 is 0 Å². The van der Waals surface area contributed by atoms with Crippen LogP contribution < -0.4 is 5.32 Å². The third kappa shape index (κ3) is 3.07. The molecule has 0 saturated carbocycles. The van der Waals surface area contributed by atoms with Gasteiger partial charge in [0.2, 0.25) is 0 Å².